The molecule has 2 heterocycles. The number of nitro groups is 1. The van der Waals surface area contributed by atoms with Gasteiger partial charge in [-0.05, 0) is 49.1 Å². The molecule has 3 fully saturated rings. The van der Waals surface area contributed by atoms with Crippen LogP contribution in [0.2, 0.25) is 0 Å². The number of hydrogen-bond donors (Lipinski definition) is 0. The third-order valence-electron chi connectivity index (χ3n) is 8.33. The van der Waals surface area contributed by atoms with Crippen molar-refractivity contribution in [2.24, 2.45) is 11.3 Å². The summed E-state index contributed by atoms with van der Waals surface area (Å²) in [6, 6.07) is 15.5. The van der Waals surface area contributed by atoms with Crippen LogP contribution in [0.15, 0.2) is 77.9 Å². The van der Waals surface area contributed by atoms with Gasteiger partial charge in [0.15, 0.2) is 5.78 Å². The summed E-state index contributed by atoms with van der Waals surface area (Å²) in [7, 11) is 0. The van der Waals surface area contributed by atoms with Crippen LogP contribution in [0.3, 0.4) is 0 Å². The van der Waals surface area contributed by atoms with Crippen LogP contribution < -0.4 is 5.06 Å². The van der Waals surface area contributed by atoms with Gasteiger partial charge in [0.1, 0.15) is 6.10 Å². The molecule has 0 amide bonds. The van der Waals surface area contributed by atoms with E-state index >= 15 is 0 Å². The number of hydroxylamine groups is 1. The quantitative estimate of drug-likeness (QED) is 0.341. The van der Waals surface area contributed by atoms with Crippen LogP contribution in [0, 0.1) is 21.4 Å². The number of fused-ring (bicyclic) bond motifs is 4. The SMILES string of the molecule is CC1=C2[C@H]3OC(=O)[C@]4(C[C@H](c5ccc([N+](=O)[O-])cc5)N(c5ccccc5)O4)[C@@H]3CC[C@@]2(C)C=CC1=O. The predicted octanol–water partition coefficient (Wildman–Crippen LogP) is 5.01. The summed E-state index contributed by atoms with van der Waals surface area (Å²) >= 11 is 0. The number of benzene rings is 2. The molecule has 2 aliphatic carbocycles. The molecule has 2 aromatic carbocycles. The lowest BCUT2D eigenvalue weighted by Crippen LogP contribution is -2.47. The van der Waals surface area contributed by atoms with Crippen LogP contribution in [0.25, 0.3) is 0 Å². The number of para-hydroxylation sites is 1. The van der Waals surface area contributed by atoms with Gasteiger partial charge in [0.2, 0.25) is 5.60 Å². The maximum atomic E-state index is 13.6. The van der Waals surface area contributed by atoms with E-state index in [1.165, 1.54) is 12.1 Å². The fourth-order valence-corrected chi connectivity index (χ4v) is 6.45. The number of ether oxygens (including phenoxy) is 1. The van der Waals surface area contributed by atoms with E-state index in [-0.39, 0.29) is 28.8 Å². The van der Waals surface area contributed by atoms with E-state index in [0.717, 1.165) is 23.2 Å². The number of non-ortho nitro benzene ring substituents is 1. The van der Waals surface area contributed by atoms with Gasteiger partial charge >= 0.3 is 5.97 Å². The summed E-state index contributed by atoms with van der Waals surface area (Å²) in [5.41, 5.74) is 1.56. The summed E-state index contributed by atoms with van der Waals surface area (Å²) in [6.07, 6.45) is 4.86. The minimum absolute atomic E-state index is 0.00276. The Hall–Kier alpha value is -3.78. The Kier molecular flexibility index (Phi) is 4.95. The van der Waals surface area contributed by atoms with Gasteiger partial charge in [0, 0.05) is 35.5 Å². The van der Waals surface area contributed by atoms with E-state index < -0.39 is 22.6 Å². The average Bonchev–Trinajstić information content (AvgIpc) is 3.40. The number of rotatable bonds is 3. The molecular formula is C28H26N2O6. The summed E-state index contributed by atoms with van der Waals surface area (Å²) < 4.78 is 6.05. The molecule has 8 heteroatoms. The van der Waals surface area contributed by atoms with E-state index in [1.54, 1.807) is 23.3 Å². The first kappa shape index (κ1) is 22.7. The lowest BCUT2D eigenvalue weighted by Gasteiger charge is -2.44. The molecular weight excluding hydrogens is 460 g/mol. The number of hydrogen-bond acceptors (Lipinski definition) is 7. The normalized spacial score (nSPS) is 33.1. The Morgan fingerprint density at radius 1 is 1.08 bits per heavy atom. The average molecular weight is 487 g/mol. The molecule has 1 spiro atoms. The van der Waals surface area contributed by atoms with Crippen molar-refractivity contribution in [3.05, 3.63) is 93.6 Å². The molecule has 0 unspecified atom stereocenters. The van der Waals surface area contributed by atoms with Gasteiger partial charge in [0.05, 0.1) is 16.7 Å². The number of carbonyl (C=O) groups is 2. The first-order valence-electron chi connectivity index (χ1n) is 12.2. The van der Waals surface area contributed by atoms with Crippen LogP contribution in [0.5, 0.6) is 0 Å². The monoisotopic (exact) mass is 486 g/mol. The van der Waals surface area contributed by atoms with Crippen molar-refractivity contribution in [3.63, 3.8) is 0 Å². The maximum Gasteiger partial charge on any atom is 0.342 e. The van der Waals surface area contributed by atoms with Crippen molar-refractivity contribution in [2.75, 3.05) is 5.06 Å². The lowest BCUT2D eigenvalue weighted by atomic mass is 9.60. The Balaban J connectivity index is 1.42. The largest absolute Gasteiger partial charge is 0.455 e. The van der Waals surface area contributed by atoms with Gasteiger partial charge in [-0.1, -0.05) is 43.3 Å². The Morgan fingerprint density at radius 2 is 1.81 bits per heavy atom. The topological polar surface area (TPSA) is 99.0 Å². The van der Waals surface area contributed by atoms with Crippen LogP contribution >= 0.6 is 0 Å². The second-order valence-corrected chi connectivity index (χ2v) is 10.3. The molecule has 0 radical (unpaired) electrons. The van der Waals surface area contributed by atoms with E-state index in [1.807, 2.05) is 43.3 Å². The summed E-state index contributed by atoms with van der Waals surface area (Å²) in [6.45, 7) is 3.90. The number of nitrogens with zero attached hydrogens (tertiary/aromatic N) is 2. The highest BCUT2D eigenvalue weighted by molar-refractivity contribution is 6.06. The maximum absolute atomic E-state index is 13.6. The fourth-order valence-electron chi connectivity index (χ4n) is 6.45. The highest BCUT2D eigenvalue weighted by Gasteiger charge is 2.68. The molecule has 4 aliphatic rings. The van der Waals surface area contributed by atoms with E-state index in [0.29, 0.717) is 18.4 Å². The van der Waals surface area contributed by atoms with Gasteiger partial charge in [-0.25, -0.2) is 9.86 Å². The summed E-state index contributed by atoms with van der Waals surface area (Å²) in [5.74, 6) is -0.729. The molecule has 0 aromatic heterocycles. The standard InChI is InChI=1S/C28H26N2O6/c1-17-23(31)13-15-27(2)14-12-21-25(24(17)27)35-26(32)28(21)16-22(18-8-10-20(11-9-18)30(33)34)29(36-28)19-6-4-3-5-7-19/h3-11,13,15,21-22,25H,12,14,16H2,1-2H3/t21-,22-,25+,27+,28+/m1/s1. The third kappa shape index (κ3) is 3.17. The van der Waals surface area contributed by atoms with Crippen molar-refractivity contribution in [1.82, 2.24) is 0 Å². The molecule has 6 rings (SSSR count). The predicted molar refractivity (Wildman–Crippen MR) is 131 cm³/mol. The molecule has 36 heavy (non-hydrogen) atoms. The molecule has 2 aromatic rings. The Morgan fingerprint density at radius 3 is 2.50 bits per heavy atom. The van der Waals surface area contributed by atoms with Gasteiger partial charge in [-0.2, -0.15) is 0 Å². The zero-order chi connectivity index (χ0) is 25.2. The molecule has 184 valence electrons. The van der Waals surface area contributed by atoms with E-state index in [9.17, 15) is 19.7 Å². The van der Waals surface area contributed by atoms with Crippen LogP contribution in [0.1, 0.15) is 44.7 Å². The van der Waals surface area contributed by atoms with Gasteiger partial charge in [-0.3, -0.25) is 19.7 Å². The molecule has 2 aliphatic heterocycles. The van der Waals surface area contributed by atoms with Crippen molar-refractivity contribution in [1.29, 1.82) is 0 Å². The van der Waals surface area contributed by atoms with Crippen molar-refractivity contribution >= 4 is 23.1 Å². The second kappa shape index (κ2) is 7.86. The first-order chi connectivity index (χ1) is 17.2. The number of allylic oxidation sites excluding steroid dienone is 3. The molecule has 8 nitrogen and oxygen atoms in total. The van der Waals surface area contributed by atoms with Crippen LogP contribution in [0.4, 0.5) is 11.4 Å². The molecule has 5 atom stereocenters. The van der Waals surface area contributed by atoms with E-state index in [2.05, 4.69) is 6.92 Å². The highest BCUT2D eigenvalue weighted by Crippen LogP contribution is 2.59. The first-order valence-corrected chi connectivity index (χ1v) is 12.2. The van der Waals surface area contributed by atoms with Crippen LogP contribution in [-0.4, -0.2) is 28.4 Å². The summed E-state index contributed by atoms with van der Waals surface area (Å²) in [4.78, 5) is 43.5. The zero-order valence-corrected chi connectivity index (χ0v) is 20.0. The van der Waals surface area contributed by atoms with Gasteiger partial charge in [0.25, 0.3) is 5.69 Å². The molecule has 2 saturated heterocycles. The number of carbonyl (C=O) groups excluding carboxylic acids is 2. The number of anilines is 1. The smallest absolute Gasteiger partial charge is 0.342 e. The van der Waals surface area contributed by atoms with Crippen molar-refractivity contribution < 1.29 is 24.1 Å². The third-order valence-corrected chi connectivity index (χ3v) is 8.33. The fraction of sp³-hybridized carbons (Fsp3) is 0.357. The lowest BCUT2D eigenvalue weighted by molar-refractivity contribution is -0.384. The zero-order valence-electron chi connectivity index (χ0n) is 20.0. The summed E-state index contributed by atoms with van der Waals surface area (Å²) in [5, 5.41) is 12.9. The van der Waals surface area contributed by atoms with Crippen molar-refractivity contribution in [2.45, 2.75) is 50.9 Å². The van der Waals surface area contributed by atoms with Crippen LogP contribution in [-0.2, 0) is 19.2 Å². The van der Waals surface area contributed by atoms with Gasteiger partial charge < -0.3 is 4.74 Å². The van der Waals surface area contributed by atoms with E-state index in [4.69, 9.17) is 9.57 Å². The Bertz CT molecular complexity index is 1330. The number of esters is 1. The number of nitro benzene ring substituents is 1. The second-order valence-electron chi connectivity index (χ2n) is 10.3. The van der Waals surface area contributed by atoms with Gasteiger partial charge in [-0.15, -0.1) is 0 Å². The highest BCUT2D eigenvalue weighted by atomic mass is 16.7. The molecule has 0 N–H and O–H groups in total. The minimum Gasteiger partial charge on any atom is -0.455 e. The molecule has 1 saturated carbocycles. The minimum atomic E-state index is -1.22. The Labute approximate surface area is 208 Å². The molecule has 0 bridgehead atoms. The van der Waals surface area contributed by atoms with Crippen molar-refractivity contribution in [3.8, 4) is 0 Å². The number of ketones is 1.